The molecule has 1 saturated heterocycles. The monoisotopic (exact) mass is 459 g/mol. The first kappa shape index (κ1) is 23.6. The number of nitrogens with one attached hydrogen (secondary N) is 2. The van der Waals surface area contributed by atoms with Crippen LogP contribution in [-0.4, -0.2) is 51.7 Å². The fourth-order valence-electron chi connectivity index (χ4n) is 3.51. The van der Waals surface area contributed by atoms with Crippen LogP contribution in [0.25, 0.3) is 0 Å². The number of rotatable bonds is 5. The summed E-state index contributed by atoms with van der Waals surface area (Å²) in [6.07, 6.45) is 2.72. The lowest BCUT2D eigenvalue weighted by molar-refractivity contribution is -0.387. The third-order valence-corrected chi connectivity index (χ3v) is 5.41. The zero-order valence-electron chi connectivity index (χ0n) is 17.7. The van der Waals surface area contributed by atoms with Crippen LogP contribution < -0.4 is 16.2 Å². The van der Waals surface area contributed by atoms with Gasteiger partial charge in [-0.05, 0) is 43.0 Å². The maximum Gasteiger partial charge on any atom is 0.313 e. The Morgan fingerprint density at radius 3 is 2.55 bits per heavy atom. The maximum absolute atomic E-state index is 13.4. The minimum absolute atomic E-state index is 0.0244. The van der Waals surface area contributed by atoms with Crippen LogP contribution in [0.5, 0.6) is 0 Å². The summed E-state index contributed by atoms with van der Waals surface area (Å²) < 4.78 is 14.7. The van der Waals surface area contributed by atoms with E-state index in [1.54, 1.807) is 24.2 Å². The molecule has 0 radical (unpaired) electrons. The van der Waals surface area contributed by atoms with Gasteiger partial charge in [0.1, 0.15) is 5.56 Å². The van der Waals surface area contributed by atoms with Crippen LogP contribution in [0.15, 0.2) is 41.3 Å². The lowest BCUT2D eigenvalue weighted by Gasteiger charge is -2.32. The molecule has 3 rings (SSSR count). The van der Waals surface area contributed by atoms with Crippen LogP contribution in [0.1, 0.15) is 23.2 Å². The summed E-state index contributed by atoms with van der Waals surface area (Å²) >= 11 is 0. The molecule has 174 valence electrons. The number of carbonyl (C=O) groups is 3. The van der Waals surface area contributed by atoms with Crippen molar-refractivity contribution in [3.05, 3.63) is 68.4 Å². The van der Waals surface area contributed by atoms with Crippen LogP contribution in [0.4, 0.5) is 15.8 Å². The third kappa shape index (κ3) is 5.59. The Morgan fingerprint density at radius 2 is 1.88 bits per heavy atom. The van der Waals surface area contributed by atoms with Crippen molar-refractivity contribution in [3.63, 3.8) is 0 Å². The van der Waals surface area contributed by atoms with Crippen molar-refractivity contribution in [2.45, 2.75) is 12.8 Å². The van der Waals surface area contributed by atoms with E-state index in [0.29, 0.717) is 25.9 Å². The second-order valence-corrected chi connectivity index (χ2v) is 7.66. The largest absolute Gasteiger partial charge is 0.348 e. The van der Waals surface area contributed by atoms with Crippen LogP contribution >= 0.6 is 0 Å². The molecule has 0 spiro atoms. The van der Waals surface area contributed by atoms with Crippen molar-refractivity contribution >= 4 is 29.1 Å². The minimum atomic E-state index is -1.06. The van der Waals surface area contributed by atoms with E-state index in [1.165, 1.54) is 10.6 Å². The van der Waals surface area contributed by atoms with Crippen molar-refractivity contribution in [1.82, 2.24) is 14.8 Å². The molecule has 0 atom stereocenters. The molecule has 2 aromatic rings. The molecule has 1 aromatic carbocycles. The predicted molar refractivity (Wildman–Crippen MR) is 115 cm³/mol. The number of piperidine rings is 1. The van der Waals surface area contributed by atoms with Gasteiger partial charge in [0, 0.05) is 44.6 Å². The zero-order valence-corrected chi connectivity index (χ0v) is 17.7. The van der Waals surface area contributed by atoms with E-state index >= 15 is 0 Å². The Kier molecular flexibility index (Phi) is 7.16. The van der Waals surface area contributed by atoms with Gasteiger partial charge in [0.05, 0.1) is 4.92 Å². The van der Waals surface area contributed by atoms with Crippen molar-refractivity contribution in [2.24, 2.45) is 13.0 Å². The molecule has 3 amide bonds. The molecule has 12 heteroatoms. The summed E-state index contributed by atoms with van der Waals surface area (Å²) in [5.41, 5.74) is -1.16. The first-order chi connectivity index (χ1) is 15.7. The Morgan fingerprint density at radius 1 is 1.18 bits per heavy atom. The maximum atomic E-state index is 13.4. The molecule has 1 aliphatic rings. The molecule has 11 nitrogen and oxygen atoms in total. The van der Waals surface area contributed by atoms with Gasteiger partial charge >= 0.3 is 17.5 Å². The van der Waals surface area contributed by atoms with Crippen molar-refractivity contribution in [3.8, 4) is 0 Å². The average Bonchev–Trinajstić information content (AvgIpc) is 2.80. The van der Waals surface area contributed by atoms with Crippen LogP contribution in [0, 0.1) is 21.8 Å². The van der Waals surface area contributed by atoms with Crippen LogP contribution in [-0.2, 0) is 16.6 Å². The Hall–Kier alpha value is -4.09. The Labute approximate surface area is 187 Å². The van der Waals surface area contributed by atoms with Gasteiger partial charge in [-0.25, -0.2) is 0 Å². The highest BCUT2D eigenvalue weighted by Crippen LogP contribution is 2.21. The highest BCUT2D eigenvalue weighted by atomic mass is 19.1. The number of hydrogen-bond donors (Lipinski definition) is 2. The average molecular weight is 459 g/mol. The van der Waals surface area contributed by atoms with E-state index in [1.807, 2.05) is 0 Å². The topological polar surface area (TPSA) is 144 Å². The number of anilines is 1. The molecule has 2 N–H and O–H groups in total. The standard InChI is InChI=1S/C21H22FN5O6/c1-25-8-2-3-15(20(25)30)21(31)26-9-6-13(7-10-26)12-23-18(28)19(29)24-14-4-5-16(22)17(11-14)27(32)33/h2-5,8,11,13H,6-7,9-10,12H2,1H3,(H,23,28)(H,24,29). The SMILES string of the molecule is Cn1cccc(C(=O)N2CCC(CNC(=O)C(=O)Nc3ccc(F)c([N+](=O)[O-])c3)CC2)c1=O. The van der Waals surface area contributed by atoms with E-state index < -0.39 is 28.2 Å². The quantitative estimate of drug-likeness (QED) is 0.388. The number of pyridine rings is 1. The summed E-state index contributed by atoms with van der Waals surface area (Å²) in [6.45, 7) is 1.01. The van der Waals surface area contributed by atoms with Crippen molar-refractivity contribution in [1.29, 1.82) is 0 Å². The van der Waals surface area contributed by atoms with Gasteiger partial charge in [-0.15, -0.1) is 0 Å². The fourth-order valence-corrected chi connectivity index (χ4v) is 3.51. The number of nitrogens with zero attached hydrogens (tertiary/aromatic N) is 3. The molecule has 0 saturated carbocycles. The van der Waals surface area contributed by atoms with E-state index in [-0.39, 0.29) is 35.2 Å². The van der Waals surface area contributed by atoms with Crippen molar-refractivity contribution in [2.75, 3.05) is 25.0 Å². The number of halogens is 1. The number of aryl methyl sites for hydroxylation is 1. The normalized spacial score (nSPS) is 13.9. The Bertz CT molecular complexity index is 1160. The lowest BCUT2D eigenvalue weighted by Crippen LogP contribution is -2.44. The number of nitro benzene ring substituents is 1. The minimum Gasteiger partial charge on any atom is -0.348 e. The van der Waals surface area contributed by atoms with Crippen LogP contribution in [0.3, 0.4) is 0 Å². The lowest BCUT2D eigenvalue weighted by atomic mass is 9.96. The van der Waals surface area contributed by atoms with Gasteiger partial charge in [0.2, 0.25) is 5.82 Å². The molecule has 0 unspecified atom stereocenters. The van der Waals surface area contributed by atoms with E-state index in [4.69, 9.17) is 0 Å². The fraction of sp³-hybridized carbons (Fsp3) is 0.333. The van der Waals surface area contributed by atoms with Crippen molar-refractivity contribution < 1.29 is 23.7 Å². The summed E-state index contributed by atoms with van der Waals surface area (Å²) in [6, 6.07) is 5.89. The number of aromatic nitrogens is 1. The van der Waals surface area contributed by atoms with Crippen LogP contribution in [0.2, 0.25) is 0 Å². The van der Waals surface area contributed by atoms with Gasteiger partial charge < -0.3 is 20.1 Å². The van der Waals surface area contributed by atoms with Gasteiger partial charge in [0.15, 0.2) is 0 Å². The summed E-state index contributed by atoms with van der Waals surface area (Å²) in [7, 11) is 1.57. The number of benzene rings is 1. The van der Waals surface area contributed by atoms with Gasteiger partial charge in [-0.2, -0.15) is 4.39 Å². The smallest absolute Gasteiger partial charge is 0.313 e. The number of carbonyl (C=O) groups excluding carboxylic acids is 3. The summed E-state index contributed by atoms with van der Waals surface area (Å²) in [5.74, 6) is -3.35. The van der Waals surface area contributed by atoms with E-state index in [0.717, 1.165) is 18.2 Å². The highest BCUT2D eigenvalue weighted by Gasteiger charge is 2.26. The first-order valence-electron chi connectivity index (χ1n) is 10.2. The summed E-state index contributed by atoms with van der Waals surface area (Å²) in [4.78, 5) is 60.3. The van der Waals surface area contributed by atoms with Gasteiger partial charge in [-0.3, -0.25) is 29.3 Å². The van der Waals surface area contributed by atoms with Gasteiger partial charge in [-0.1, -0.05) is 0 Å². The highest BCUT2D eigenvalue weighted by molar-refractivity contribution is 6.39. The molecular weight excluding hydrogens is 437 g/mol. The second-order valence-electron chi connectivity index (χ2n) is 7.66. The molecular formula is C21H22FN5O6. The van der Waals surface area contributed by atoms with E-state index in [2.05, 4.69) is 10.6 Å². The number of hydrogen-bond acceptors (Lipinski definition) is 6. The Balaban J connectivity index is 1.48. The molecule has 2 heterocycles. The molecule has 0 bridgehead atoms. The first-order valence-corrected chi connectivity index (χ1v) is 10.2. The molecule has 1 aromatic heterocycles. The third-order valence-electron chi connectivity index (χ3n) is 5.41. The van der Waals surface area contributed by atoms with Gasteiger partial charge in [0.25, 0.3) is 11.5 Å². The van der Waals surface area contributed by atoms with E-state index in [9.17, 15) is 33.7 Å². The predicted octanol–water partition coefficient (Wildman–Crippen LogP) is 1.04. The molecule has 33 heavy (non-hydrogen) atoms. The molecule has 1 fully saturated rings. The number of amides is 3. The molecule has 0 aliphatic carbocycles. The number of nitro groups is 1. The summed E-state index contributed by atoms with van der Waals surface area (Å²) in [5, 5.41) is 15.5. The zero-order chi connectivity index (χ0) is 24.1. The number of likely N-dealkylation sites (tertiary alicyclic amines) is 1. The second kappa shape index (κ2) is 10.0. The molecule has 1 aliphatic heterocycles.